The third-order valence-corrected chi connectivity index (χ3v) is 13.9. The molecule has 0 fully saturated rings. The summed E-state index contributed by atoms with van der Waals surface area (Å²) >= 11 is 0. The Hall–Kier alpha value is -8.40. The van der Waals surface area contributed by atoms with E-state index in [-0.39, 0.29) is 0 Å². The first kappa shape index (κ1) is 38.1. The quantitative estimate of drug-likeness (QED) is 0.152. The maximum Gasteiger partial charge on any atom is 0.135 e. The minimum atomic E-state index is -0.623. The third kappa shape index (κ3) is 5.83. The highest BCUT2D eigenvalue weighted by molar-refractivity contribution is 6.07. The topological polar surface area (TPSA) is 19.6 Å². The summed E-state index contributed by atoms with van der Waals surface area (Å²) in [6.45, 7) is 0. The molecule has 1 spiro atoms. The van der Waals surface area contributed by atoms with Gasteiger partial charge in [-0.05, 0) is 130 Å². The van der Waals surface area contributed by atoms with Gasteiger partial charge in [-0.3, -0.25) is 0 Å². The van der Waals surface area contributed by atoms with Crippen LogP contribution in [0.4, 0.5) is 28.4 Å². The van der Waals surface area contributed by atoms with Crippen molar-refractivity contribution in [2.45, 2.75) is 18.3 Å². The highest BCUT2D eigenvalue weighted by Crippen LogP contribution is 2.67. The van der Waals surface area contributed by atoms with Crippen LogP contribution < -0.4 is 9.80 Å². The molecule has 1 atom stereocenters. The van der Waals surface area contributed by atoms with Crippen LogP contribution in [0, 0.1) is 0 Å². The molecule has 0 aliphatic heterocycles. The van der Waals surface area contributed by atoms with Gasteiger partial charge in [0.1, 0.15) is 16.8 Å². The van der Waals surface area contributed by atoms with Crippen molar-refractivity contribution in [1.29, 1.82) is 0 Å². The summed E-state index contributed by atoms with van der Waals surface area (Å²) in [6.07, 6.45) is 4.27. The molecule has 1 unspecified atom stereocenters. The maximum absolute atomic E-state index is 7.30. The number of para-hydroxylation sites is 3. The molecule has 13 rings (SSSR count). The minimum absolute atomic E-state index is 0.623. The van der Waals surface area contributed by atoms with Crippen LogP contribution in [0.2, 0.25) is 0 Å². The van der Waals surface area contributed by atoms with Gasteiger partial charge >= 0.3 is 0 Å². The van der Waals surface area contributed by atoms with Crippen molar-refractivity contribution >= 4 is 45.0 Å². The van der Waals surface area contributed by atoms with Gasteiger partial charge in [0.05, 0.1) is 5.70 Å². The average molecular weight is 845 g/mol. The zero-order valence-corrected chi connectivity index (χ0v) is 36.3. The van der Waals surface area contributed by atoms with Crippen LogP contribution in [-0.4, -0.2) is 0 Å². The van der Waals surface area contributed by atoms with Crippen molar-refractivity contribution in [2.75, 3.05) is 9.80 Å². The molecule has 1 aromatic heterocycles. The van der Waals surface area contributed by atoms with Crippen LogP contribution in [0.25, 0.3) is 49.9 Å². The van der Waals surface area contributed by atoms with Crippen molar-refractivity contribution < 1.29 is 4.42 Å². The highest BCUT2D eigenvalue weighted by Gasteiger charge is 2.57. The number of hydrogen-bond acceptors (Lipinski definition) is 3. The number of rotatable bonds is 8. The van der Waals surface area contributed by atoms with Crippen LogP contribution in [0.1, 0.15) is 35.3 Å². The van der Waals surface area contributed by atoms with Crippen LogP contribution in [0.15, 0.2) is 258 Å². The number of hydrogen-bond donors (Lipinski definition) is 0. The van der Waals surface area contributed by atoms with Crippen LogP contribution in [0.3, 0.4) is 0 Å². The van der Waals surface area contributed by atoms with Gasteiger partial charge in [0, 0.05) is 45.0 Å². The Labute approximate surface area is 385 Å². The Morgan fingerprint density at radius 2 is 0.879 bits per heavy atom. The summed E-state index contributed by atoms with van der Waals surface area (Å²) in [4.78, 5) is 4.86. The summed E-state index contributed by atoms with van der Waals surface area (Å²) in [5.74, 6) is 1.02. The lowest BCUT2D eigenvalue weighted by atomic mass is 9.70. The van der Waals surface area contributed by atoms with Gasteiger partial charge in [0.15, 0.2) is 0 Å². The van der Waals surface area contributed by atoms with E-state index in [1.165, 1.54) is 66.9 Å². The molecule has 10 aromatic rings. The van der Waals surface area contributed by atoms with Crippen molar-refractivity contribution in [3.05, 3.63) is 276 Å². The first-order chi connectivity index (χ1) is 32.8. The number of nitrogens with zero attached hydrogens (tertiary/aromatic N) is 2. The predicted molar refractivity (Wildman–Crippen MR) is 273 cm³/mol. The molecule has 312 valence electrons. The van der Waals surface area contributed by atoms with Gasteiger partial charge in [0.2, 0.25) is 0 Å². The fraction of sp³-hybridized carbons (Fsp3) is 0.0476. The Kier molecular flexibility index (Phi) is 8.89. The number of furan rings is 1. The second-order valence-corrected chi connectivity index (χ2v) is 17.5. The van der Waals surface area contributed by atoms with Gasteiger partial charge in [-0.25, -0.2) is 0 Å². The Morgan fingerprint density at radius 3 is 1.53 bits per heavy atom. The second-order valence-electron chi connectivity index (χ2n) is 17.5. The smallest absolute Gasteiger partial charge is 0.135 e. The van der Waals surface area contributed by atoms with Crippen LogP contribution in [-0.2, 0) is 5.41 Å². The molecular formula is C63H44N2O. The molecule has 0 radical (unpaired) electrons. The maximum atomic E-state index is 7.30. The zero-order chi connectivity index (χ0) is 43.6. The molecule has 0 amide bonds. The van der Waals surface area contributed by atoms with Crippen LogP contribution >= 0.6 is 0 Å². The first-order valence-electron chi connectivity index (χ1n) is 23.0. The molecular weight excluding hydrogens is 801 g/mol. The monoisotopic (exact) mass is 844 g/mol. The number of benzene rings is 9. The molecule has 3 aliphatic carbocycles. The predicted octanol–water partition coefficient (Wildman–Crippen LogP) is 16.8. The largest absolute Gasteiger partial charge is 0.459 e. The molecule has 0 N–H and O–H groups in total. The fourth-order valence-electron chi connectivity index (χ4n) is 11.2. The normalized spacial score (nSPS) is 15.5. The SMILES string of the molecule is C1=C(N(c2ccccc2)c2ccc(-c3ccccc3)cc2)C2=C(CC1)C1(c3ccccc32)c2ccc(N(c3ccccc3)c3ccc(-c4ccccc4)cc3)cc2-c2c1oc1ccccc21. The van der Waals surface area contributed by atoms with E-state index >= 15 is 0 Å². The van der Waals surface area contributed by atoms with E-state index in [1.54, 1.807) is 0 Å². The summed E-state index contributed by atoms with van der Waals surface area (Å²) < 4.78 is 7.30. The second kappa shape index (κ2) is 15.4. The molecule has 0 saturated heterocycles. The zero-order valence-electron chi connectivity index (χ0n) is 36.3. The summed E-state index contributed by atoms with van der Waals surface area (Å²) in [6, 6.07) is 85.7. The third-order valence-electron chi connectivity index (χ3n) is 13.9. The summed E-state index contributed by atoms with van der Waals surface area (Å²) in [7, 11) is 0. The van der Waals surface area contributed by atoms with E-state index in [1.807, 2.05) is 0 Å². The number of allylic oxidation sites excluding steroid dienone is 3. The fourth-order valence-corrected chi connectivity index (χ4v) is 11.2. The van der Waals surface area contributed by atoms with Crippen molar-refractivity contribution in [3.63, 3.8) is 0 Å². The molecule has 0 saturated carbocycles. The van der Waals surface area contributed by atoms with Gasteiger partial charge in [-0.15, -0.1) is 0 Å². The number of fused-ring (bicyclic) bond motifs is 11. The van der Waals surface area contributed by atoms with E-state index < -0.39 is 5.41 Å². The Balaban J connectivity index is 1.01. The van der Waals surface area contributed by atoms with Crippen LogP contribution in [0.5, 0.6) is 0 Å². The average Bonchev–Trinajstić information content (AvgIpc) is 4.02. The van der Waals surface area contributed by atoms with Crippen molar-refractivity contribution in [2.24, 2.45) is 0 Å². The van der Waals surface area contributed by atoms with E-state index in [9.17, 15) is 0 Å². The molecule has 3 nitrogen and oxygen atoms in total. The van der Waals surface area contributed by atoms with E-state index in [0.29, 0.717) is 0 Å². The van der Waals surface area contributed by atoms with E-state index in [4.69, 9.17) is 4.42 Å². The lowest BCUT2D eigenvalue weighted by Gasteiger charge is -2.35. The molecule has 3 heteroatoms. The summed E-state index contributed by atoms with van der Waals surface area (Å²) in [5.41, 5.74) is 20.7. The standard InChI is InChI=1S/C63H44N2O/c1-5-18-43(19-6-1)45-32-36-49(37-33-45)64(47-22-9-3-10-23-47)51-40-41-56-54(42-51)60-53-27-14-16-31-59(53)66-62(60)63(56)55-28-15-13-26-52(55)61-57(63)29-17-30-58(61)65(48-24-11-4-12-25-48)50-38-34-46(35-39-50)44-20-7-2-8-21-44/h1-16,18-28,30-42H,17,29H2. The molecule has 3 aliphatic rings. The minimum Gasteiger partial charge on any atom is -0.459 e. The van der Waals surface area contributed by atoms with Gasteiger partial charge < -0.3 is 14.2 Å². The molecule has 9 aromatic carbocycles. The van der Waals surface area contributed by atoms with E-state index in [2.05, 4.69) is 252 Å². The molecule has 1 heterocycles. The summed E-state index contributed by atoms with van der Waals surface area (Å²) in [5, 5.41) is 1.14. The lowest BCUT2D eigenvalue weighted by molar-refractivity contribution is 0.494. The lowest BCUT2D eigenvalue weighted by Crippen LogP contribution is -2.28. The first-order valence-corrected chi connectivity index (χ1v) is 23.0. The highest BCUT2D eigenvalue weighted by atomic mass is 16.3. The van der Waals surface area contributed by atoms with Gasteiger partial charge in [-0.2, -0.15) is 0 Å². The molecule has 0 bridgehead atoms. The van der Waals surface area contributed by atoms with E-state index in [0.717, 1.165) is 58.0 Å². The van der Waals surface area contributed by atoms with Crippen molar-refractivity contribution in [3.8, 4) is 33.4 Å². The van der Waals surface area contributed by atoms with Gasteiger partial charge in [0.25, 0.3) is 0 Å². The Morgan fingerprint density at radius 1 is 0.394 bits per heavy atom. The Bertz CT molecular complexity index is 3500. The van der Waals surface area contributed by atoms with Crippen molar-refractivity contribution in [1.82, 2.24) is 0 Å². The van der Waals surface area contributed by atoms with Gasteiger partial charge in [-0.1, -0.05) is 176 Å². The number of anilines is 5. The molecule has 66 heavy (non-hydrogen) atoms.